The predicted molar refractivity (Wildman–Crippen MR) is 100 cm³/mol. The van der Waals surface area contributed by atoms with Crippen molar-refractivity contribution in [1.29, 1.82) is 5.26 Å². The molecule has 0 spiro atoms. The summed E-state index contributed by atoms with van der Waals surface area (Å²) in [6.45, 7) is 4.01. The zero-order valence-corrected chi connectivity index (χ0v) is 14.5. The number of aryl methyl sites for hydroxylation is 1. The molecule has 3 aromatic rings. The van der Waals surface area contributed by atoms with E-state index in [2.05, 4.69) is 11.1 Å². The minimum atomic E-state index is 0.247. The van der Waals surface area contributed by atoms with E-state index in [0.29, 0.717) is 5.56 Å². The Labute approximate surface area is 147 Å². The molecule has 1 aromatic heterocycles. The van der Waals surface area contributed by atoms with Crippen LogP contribution < -0.4 is 10.5 Å². The molecular weight excluding hydrogens is 310 g/mol. The number of aromatic nitrogens is 1. The summed E-state index contributed by atoms with van der Waals surface area (Å²) in [4.78, 5) is 4.50. The number of nitrogens with two attached hydrogens (primary N) is 1. The number of methoxy groups -OCH3 is 1. The van der Waals surface area contributed by atoms with Crippen LogP contribution >= 0.6 is 0 Å². The standard InChI is InChI=1S/C21H19N3O/c1-13-6-4-5-7-17(13)19-14(2)20(24-21(23)18(19)12-22)15-8-10-16(25-3)11-9-15/h4-11H,1-3H3,(H2,23,24). The largest absolute Gasteiger partial charge is 0.497 e. The van der Waals surface area contributed by atoms with Gasteiger partial charge in [0.1, 0.15) is 23.2 Å². The Morgan fingerprint density at radius 3 is 2.32 bits per heavy atom. The van der Waals surface area contributed by atoms with Crippen molar-refractivity contribution in [2.24, 2.45) is 0 Å². The number of ether oxygens (including phenoxy) is 1. The Kier molecular flexibility index (Phi) is 4.40. The van der Waals surface area contributed by atoms with E-state index in [1.54, 1.807) is 7.11 Å². The minimum absolute atomic E-state index is 0.247. The Hall–Kier alpha value is -3.32. The maximum atomic E-state index is 9.62. The zero-order chi connectivity index (χ0) is 18.0. The van der Waals surface area contributed by atoms with Gasteiger partial charge < -0.3 is 10.5 Å². The lowest BCUT2D eigenvalue weighted by Gasteiger charge is -2.16. The lowest BCUT2D eigenvalue weighted by molar-refractivity contribution is 0.415. The van der Waals surface area contributed by atoms with Crippen molar-refractivity contribution < 1.29 is 4.74 Å². The van der Waals surface area contributed by atoms with Gasteiger partial charge in [0.2, 0.25) is 0 Å². The smallest absolute Gasteiger partial charge is 0.142 e. The van der Waals surface area contributed by atoms with Crippen LogP contribution in [0.5, 0.6) is 5.75 Å². The molecule has 4 heteroatoms. The summed E-state index contributed by atoms with van der Waals surface area (Å²) in [7, 11) is 1.63. The summed E-state index contributed by atoms with van der Waals surface area (Å²) in [6, 6.07) is 17.9. The van der Waals surface area contributed by atoms with Crippen LogP contribution in [-0.2, 0) is 0 Å². The first-order valence-corrected chi connectivity index (χ1v) is 7.97. The van der Waals surface area contributed by atoms with Gasteiger partial charge in [0.15, 0.2) is 0 Å². The van der Waals surface area contributed by atoms with E-state index in [4.69, 9.17) is 10.5 Å². The van der Waals surface area contributed by atoms with Crippen molar-refractivity contribution in [2.75, 3.05) is 12.8 Å². The molecule has 0 aliphatic carbocycles. The molecule has 3 rings (SSSR count). The highest BCUT2D eigenvalue weighted by atomic mass is 16.5. The van der Waals surface area contributed by atoms with E-state index in [-0.39, 0.29) is 5.82 Å². The first-order valence-electron chi connectivity index (χ1n) is 7.97. The second-order valence-corrected chi connectivity index (χ2v) is 5.88. The summed E-state index contributed by atoms with van der Waals surface area (Å²) in [5.41, 5.74) is 12.1. The summed E-state index contributed by atoms with van der Waals surface area (Å²) >= 11 is 0. The van der Waals surface area contributed by atoms with Gasteiger partial charge >= 0.3 is 0 Å². The first kappa shape index (κ1) is 16.5. The number of rotatable bonds is 3. The van der Waals surface area contributed by atoms with Crippen molar-refractivity contribution in [3.8, 4) is 34.2 Å². The van der Waals surface area contributed by atoms with Crippen LogP contribution in [0.2, 0.25) is 0 Å². The monoisotopic (exact) mass is 329 g/mol. The maximum Gasteiger partial charge on any atom is 0.142 e. The molecule has 124 valence electrons. The van der Waals surface area contributed by atoms with Crippen LogP contribution in [0.4, 0.5) is 5.82 Å². The van der Waals surface area contributed by atoms with Gasteiger partial charge in [-0.15, -0.1) is 0 Å². The number of nitrogens with zero attached hydrogens (tertiary/aromatic N) is 2. The average molecular weight is 329 g/mol. The highest BCUT2D eigenvalue weighted by molar-refractivity contribution is 5.85. The first-order chi connectivity index (χ1) is 12.1. The molecule has 1 heterocycles. The van der Waals surface area contributed by atoms with Gasteiger partial charge in [0, 0.05) is 11.1 Å². The molecule has 0 amide bonds. The number of nitrogen functional groups attached to an aromatic ring is 1. The number of pyridine rings is 1. The van der Waals surface area contributed by atoms with Gasteiger partial charge in [-0.1, -0.05) is 24.3 Å². The molecule has 0 aliphatic rings. The molecule has 4 nitrogen and oxygen atoms in total. The summed E-state index contributed by atoms with van der Waals surface area (Å²) in [5.74, 6) is 1.03. The second kappa shape index (κ2) is 6.66. The van der Waals surface area contributed by atoms with Crippen molar-refractivity contribution in [2.45, 2.75) is 13.8 Å². The molecular formula is C21H19N3O. The molecule has 0 aliphatic heterocycles. The zero-order valence-electron chi connectivity index (χ0n) is 14.5. The number of anilines is 1. The second-order valence-electron chi connectivity index (χ2n) is 5.88. The normalized spacial score (nSPS) is 10.3. The summed E-state index contributed by atoms with van der Waals surface area (Å²) < 4.78 is 5.22. The summed E-state index contributed by atoms with van der Waals surface area (Å²) in [6.07, 6.45) is 0. The molecule has 2 aromatic carbocycles. The number of hydrogen-bond acceptors (Lipinski definition) is 4. The fraction of sp³-hybridized carbons (Fsp3) is 0.143. The lowest BCUT2D eigenvalue weighted by atomic mass is 9.90. The van der Waals surface area contributed by atoms with Crippen LogP contribution in [0.3, 0.4) is 0 Å². The van der Waals surface area contributed by atoms with Crippen molar-refractivity contribution in [3.05, 3.63) is 65.2 Å². The fourth-order valence-electron chi connectivity index (χ4n) is 3.03. The maximum absolute atomic E-state index is 9.62. The Balaban J connectivity index is 2.29. The third-order valence-corrected chi connectivity index (χ3v) is 4.36. The molecule has 0 fully saturated rings. The Morgan fingerprint density at radius 2 is 1.72 bits per heavy atom. The van der Waals surface area contributed by atoms with Crippen LogP contribution in [-0.4, -0.2) is 12.1 Å². The van der Waals surface area contributed by atoms with Gasteiger partial charge in [0.05, 0.1) is 12.8 Å². The lowest BCUT2D eigenvalue weighted by Crippen LogP contribution is -2.04. The van der Waals surface area contributed by atoms with Gasteiger partial charge in [-0.2, -0.15) is 5.26 Å². The van der Waals surface area contributed by atoms with E-state index in [1.807, 2.05) is 62.4 Å². The predicted octanol–water partition coefficient (Wildman–Crippen LogP) is 4.49. The molecule has 0 bridgehead atoms. The molecule has 2 N–H and O–H groups in total. The Morgan fingerprint density at radius 1 is 1.04 bits per heavy atom. The average Bonchev–Trinajstić information content (AvgIpc) is 2.64. The molecule has 0 saturated carbocycles. The molecule has 0 saturated heterocycles. The van der Waals surface area contributed by atoms with Crippen molar-refractivity contribution in [3.63, 3.8) is 0 Å². The van der Waals surface area contributed by atoms with E-state index >= 15 is 0 Å². The van der Waals surface area contributed by atoms with E-state index in [9.17, 15) is 5.26 Å². The molecule has 0 radical (unpaired) electrons. The van der Waals surface area contributed by atoms with Gasteiger partial charge in [-0.05, 0) is 54.8 Å². The van der Waals surface area contributed by atoms with Gasteiger partial charge in [-0.25, -0.2) is 4.98 Å². The number of nitriles is 1. The van der Waals surface area contributed by atoms with Gasteiger partial charge in [-0.3, -0.25) is 0 Å². The van der Waals surface area contributed by atoms with Crippen LogP contribution in [0.25, 0.3) is 22.4 Å². The van der Waals surface area contributed by atoms with E-state index < -0.39 is 0 Å². The Bertz CT molecular complexity index is 970. The topological polar surface area (TPSA) is 71.9 Å². The molecule has 0 atom stereocenters. The van der Waals surface area contributed by atoms with Crippen LogP contribution in [0, 0.1) is 25.2 Å². The quantitative estimate of drug-likeness (QED) is 0.768. The van der Waals surface area contributed by atoms with Gasteiger partial charge in [0.25, 0.3) is 0 Å². The minimum Gasteiger partial charge on any atom is -0.497 e. The fourth-order valence-corrected chi connectivity index (χ4v) is 3.03. The number of hydrogen-bond donors (Lipinski definition) is 1. The third-order valence-electron chi connectivity index (χ3n) is 4.36. The van der Waals surface area contributed by atoms with Crippen LogP contribution in [0.1, 0.15) is 16.7 Å². The van der Waals surface area contributed by atoms with E-state index in [0.717, 1.165) is 39.3 Å². The highest BCUT2D eigenvalue weighted by Gasteiger charge is 2.19. The van der Waals surface area contributed by atoms with Crippen LogP contribution in [0.15, 0.2) is 48.5 Å². The summed E-state index contributed by atoms with van der Waals surface area (Å²) in [5, 5.41) is 9.62. The van der Waals surface area contributed by atoms with Crippen molar-refractivity contribution in [1.82, 2.24) is 4.98 Å². The molecule has 25 heavy (non-hydrogen) atoms. The third kappa shape index (κ3) is 2.92. The number of benzene rings is 2. The molecule has 0 unspecified atom stereocenters. The van der Waals surface area contributed by atoms with E-state index in [1.165, 1.54) is 0 Å². The van der Waals surface area contributed by atoms with Crippen molar-refractivity contribution >= 4 is 5.82 Å². The SMILES string of the molecule is COc1ccc(-c2nc(N)c(C#N)c(-c3ccccc3C)c2C)cc1. The highest BCUT2D eigenvalue weighted by Crippen LogP contribution is 2.37.